The molecular weight excluding hydrogens is 355 g/mol. The van der Waals surface area contributed by atoms with E-state index in [0.717, 1.165) is 29.4 Å². The molecule has 128 valence electrons. The molecule has 0 saturated carbocycles. The molecule has 0 aliphatic rings. The Morgan fingerprint density at radius 2 is 1.70 bits per heavy atom. The SMILES string of the molecule is CN(CCN)Cc1ccccc1OCc1ccc(Cl)cc1.Cl.Cl. The molecule has 6 heteroatoms. The molecule has 0 unspecified atom stereocenters. The highest BCUT2D eigenvalue weighted by molar-refractivity contribution is 6.30. The predicted molar refractivity (Wildman–Crippen MR) is 102 cm³/mol. The van der Waals surface area contributed by atoms with Crippen molar-refractivity contribution < 1.29 is 4.74 Å². The van der Waals surface area contributed by atoms with Crippen LogP contribution in [0.4, 0.5) is 0 Å². The zero-order valence-corrected chi connectivity index (χ0v) is 15.5. The van der Waals surface area contributed by atoms with E-state index in [1.54, 1.807) is 0 Å². The molecule has 0 heterocycles. The second kappa shape index (κ2) is 11.5. The fourth-order valence-electron chi connectivity index (χ4n) is 2.11. The monoisotopic (exact) mass is 376 g/mol. The van der Waals surface area contributed by atoms with E-state index in [9.17, 15) is 0 Å². The summed E-state index contributed by atoms with van der Waals surface area (Å²) in [4.78, 5) is 2.19. The van der Waals surface area contributed by atoms with Gasteiger partial charge in [0, 0.05) is 30.2 Å². The number of ether oxygens (including phenoxy) is 1. The fourth-order valence-corrected chi connectivity index (χ4v) is 2.23. The van der Waals surface area contributed by atoms with Crippen molar-refractivity contribution in [1.82, 2.24) is 4.90 Å². The minimum Gasteiger partial charge on any atom is -0.489 e. The number of benzene rings is 2. The van der Waals surface area contributed by atoms with Crippen LogP contribution in [0.25, 0.3) is 0 Å². The lowest BCUT2D eigenvalue weighted by Gasteiger charge is -2.18. The number of halogens is 3. The van der Waals surface area contributed by atoms with E-state index in [4.69, 9.17) is 22.1 Å². The molecule has 0 bridgehead atoms. The minimum absolute atomic E-state index is 0. The number of para-hydroxylation sites is 1. The van der Waals surface area contributed by atoms with Gasteiger partial charge < -0.3 is 15.4 Å². The van der Waals surface area contributed by atoms with E-state index in [1.165, 1.54) is 5.56 Å². The third kappa shape index (κ3) is 7.42. The molecule has 0 aliphatic heterocycles. The fraction of sp³-hybridized carbons (Fsp3) is 0.294. The molecule has 0 fully saturated rings. The quantitative estimate of drug-likeness (QED) is 0.787. The molecule has 2 aromatic carbocycles. The van der Waals surface area contributed by atoms with Crippen LogP contribution < -0.4 is 10.5 Å². The van der Waals surface area contributed by atoms with Gasteiger partial charge in [0.1, 0.15) is 12.4 Å². The summed E-state index contributed by atoms with van der Waals surface area (Å²) in [7, 11) is 2.06. The van der Waals surface area contributed by atoms with E-state index in [1.807, 2.05) is 42.5 Å². The van der Waals surface area contributed by atoms with Gasteiger partial charge in [0.2, 0.25) is 0 Å². The molecule has 3 nitrogen and oxygen atoms in total. The van der Waals surface area contributed by atoms with Crippen LogP contribution in [-0.4, -0.2) is 25.0 Å². The van der Waals surface area contributed by atoms with Gasteiger partial charge in [-0.1, -0.05) is 41.9 Å². The van der Waals surface area contributed by atoms with E-state index < -0.39 is 0 Å². The number of likely N-dealkylation sites (N-methyl/N-ethyl adjacent to an activating group) is 1. The summed E-state index contributed by atoms with van der Waals surface area (Å²) in [6, 6.07) is 15.8. The maximum atomic E-state index is 5.94. The zero-order chi connectivity index (χ0) is 15.1. The lowest BCUT2D eigenvalue weighted by Crippen LogP contribution is -2.25. The van der Waals surface area contributed by atoms with Gasteiger partial charge in [0.15, 0.2) is 0 Å². The average molecular weight is 378 g/mol. The van der Waals surface area contributed by atoms with Crippen molar-refractivity contribution in [3.8, 4) is 5.75 Å². The third-order valence-corrected chi connectivity index (χ3v) is 3.48. The van der Waals surface area contributed by atoms with Gasteiger partial charge in [0.05, 0.1) is 0 Å². The largest absolute Gasteiger partial charge is 0.489 e. The van der Waals surface area contributed by atoms with Crippen molar-refractivity contribution in [1.29, 1.82) is 0 Å². The van der Waals surface area contributed by atoms with Crippen LogP contribution >= 0.6 is 36.4 Å². The Morgan fingerprint density at radius 1 is 1.04 bits per heavy atom. The molecule has 0 aromatic heterocycles. The summed E-state index contributed by atoms with van der Waals surface area (Å²) in [6.45, 7) is 2.89. The Kier molecular flexibility index (Phi) is 11.1. The van der Waals surface area contributed by atoms with Gasteiger partial charge >= 0.3 is 0 Å². The molecule has 2 rings (SSSR count). The molecular formula is C17H23Cl3N2O. The van der Waals surface area contributed by atoms with Gasteiger partial charge in [0.25, 0.3) is 0 Å². The standard InChI is InChI=1S/C17H21ClN2O.2ClH/c1-20(11-10-19)12-15-4-2-3-5-17(15)21-13-14-6-8-16(18)9-7-14;;/h2-9H,10-13,19H2,1H3;2*1H. The topological polar surface area (TPSA) is 38.5 Å². The summed E-state index contributed by atoms with van der Waals surface area (Å²) >= 11 is 5.88. The van der Waals surface area contributed by atoms with E-state index in [0.29, 0.717) is 13.2 Å². The number of hydrogen-bond donors (Lipinski definition) is 1. The number of nitrogens with zero attached hydrogens (tertiary/aromatic N) is 1. The first-order valence-electron chi connectivity index (χ1n) is 7.03. The number of hydrogen-bond acceptors (Lipinski definition) is 3. The van der Waals surface area contributed by atoms with E-state index >= 15 is 0 Å². The Morgan fingerprint density at radius 3 is 2.35 bits per heavy atom. The zero-order valence-electron chi connectivity index (χ0n) is 13.1. The van der Waals surface area contributed by atoms with Gasteiger partial charge in [-0.2, -0.15) is 0 Å². The van der Waals surface area contributed by atoms with Crippen molar-refractivity contribution in [3.63, 3.8) is 0 Å². The van der Waals surface area contributed by atoms with Gasteiger partial charge in [-0.15, -0.1) is 24.8 Å². The van der Waals surface area contributed by atoms with Crippen molar-refractivity contribution >= 4 is 36.4 Å². The Balaban J connectivity index is 0.00000242. The van der Waals surface area contributed by atoms with Crippen LogP contribution in [0.5, 0.6) is 5.75 Å². The second-order valence-electron chi connectivity index (χ2n) is 5.05. The molecule has 0 aliphatic carbocycles. The van der Waals surface area contributed by atoms with Crippen molar-refractivity contribution in [2.45, 2.75) is 13.2 Å². The summed E-state index contributed by atoms with van der Waals surface area (Å²) in [6.07, 6.45) is 0. The van der Waals surface area contributed by atoms with Crippen LogP contribution in [0.1, 0.15) is 11.1 Å². The molecule has 0 radical (unpaired) electrons. The molecule has 0 spiro atoms. The Bertz CT molecular complexity index is 564. The maximum Gasteiger partial charge on any atom is 0.124 e. The van der Waals surface area contributed by atoms with Gasteiger partial charge in [-0.05, 0) is 30.8 Å². The predicted octanol–water partition coefficient (Wildman–Crippen LogP) is 4.15. The maximum absolute atomic E-state index is 5.94. The van der Waals surface area contributed by atoms with E-state index in [2.05, 4.69) is 18.0 Å². The smallest absolute Gasteiger partial charge is 0.124 e. The molecule has 0 amide bonds. The molecule has 2 aromatic rings. The second-order valence-corrected chi connectivity index (χ2v) is 5.49. The number of nitrogens with two attached hydrogens (primary N) is 1. The average Bonchev–Trinajstić information content (AvgIpc) is 2.48. The van der Waals surface area contributed by atoms with Crippen LogP contribution in [-0.2, 0) is 13.2 Å². The van der Waals surface area contributed by atoms with Crippen LogP contribution in [0.2, 0.25) is 5.02 Å². The van der Waals surface area contributed by atoms with Crippen molar-refractivity contribution in [2.24, 2.45) is 5.73 Å². The lowest BCUT2D eigenvalue weighted by molar-refractivity contribution is 0.287. The van der Waals surface area contributed by atoms with E-state index in [-0.39, 0.29) is 24.8 Å². The first kappa shape index (κ1) is 22.0. The molecule has 0 atom stereocenters. The third-order valence-electron chi connectivity index (χ3n) is 3.23. The van der Waals surface area contributed by atoms with Crippen molar-refractivity contribution in [3.05, 3.63) is 64.7 Å². The molecule has 23 heavy (non-hydrogen) atoms. The summed E-state index contributed by atoms with van der Waals surface area (Å²) in [5.41, 5.74) is 7.85. The first-order valence-corrected chi connectivity index (χ1v) is 7.40. The minimum atomic E-state index is 0. The molecule has 2 N–H and O–H groups in total. The van der Waals surface area contributed by atoms with Crippen LogP contribution in [0, 0.1) is 0 Å². The Hall–Kier alpha value is -0.970. The van der Waals surface area contributed by atoms with Gasteiger partial charge in [-0.3, -0.25) is 0 Å². The highest BCUT2D eigenvalue weighted by Crippen LogP contribution is 2.21. The summed E-state index contributed by atoms with van der Waals surface area (Å²) < 4.78 is 5.94. The normalized spacial score (nSPS) is 9.91. The van der Waals surface area contributed by atoms with Crippen LogP contribution in [0.3, 0.4) is 0 Å². The van der Waals surface area contributed by atoms with Gasteiger partial charge in [-0.25, -0.2) is 0 Å². The Labute approximate surface area is 155 Å². The number of rotatable bonds is 7. The highest BCUT2D eigenvalue weighted by atomic mass is 35.5. The highest BCUT2D eigenvalue weighted by Gasteiger charge is 2.06. The summed E-state index contributed by atoms with van der Waals surface area (Å²) in [5, 5.41) is 0.738. The summed E-state index contributed by atoms with van der Waals surface area (Å²) in [5.74, 6) is 0.913. The molecule has 0 saturated heterocycles. The van der Waals surface area contributed by atoms with Crippen LogP contribution in [0.15, 0.2) is 48.5 Å². The first-order chi connectivity index (χ1) is 10.2. The van der Waals surface area contributed by atoms with Crippen molar-refractivity contribution in [2.75, 3.05) is 20.1 Å². The lowest BCUT2D eigenvalue weighted by atomic mass is 10.2.